The van der Waals surface area contributed by atoms with Crippen LogP contribution in [0.25, 0.3) is 0 Å². The fourth-order valence-electron chi connectivity index (χ4n) is 3.00. The molecular formula is C16H31IN4O. The lowest BCUT2D eigenvalue weighted by atomic mass is 9.65. The van der Waals surface area contributed by atoms with Gasteiger partial charge in [0.05, 0.1) is 0 Å². The number of carbonyl (C=O) groups is 1. The third kappa shape index (κ3) is 3.68. The Bertz CT molecular complexity index is 428. The van der Waals surface area contributed by atoms with Crippen molar-refractivity contribution >= 4 is 35.8 Å². The summed E-state index contributed by atoms with van der Waals surface area (Å²) in [6.45, 7) is 15.0. The smallest absolute Gasteiger partial charge is 0.244 e. The number of rotatable bonds is 3. The summed E-state index contributed by atoms with van der Waals surface area (Å²) < 4.78 is 0. The van der Waals surface area contributed by atoms with Crippen molar-refractivity contribution < 1.29 is 4.79 Å². The van der Waals surface area contributed by atoms with Crippen LogP contribution in [0.2, 0.25) is 0 Å². The summed E-state index contributed by atoms with van der Waals surface area (Å²) in [5, 5.41) is 3.33. The average Bonchev–Trinajstić information content (AvgIpc) is 2.95. The quantitative estimate of drug-likeness (QED) is 0.432. The van der Waals surface area contributed by atoms with Crippen LogP contribution in [0, 0.1) is 5.41 Å². The summed E-state index contributed by atoms with van der Waals surface area (Å²) in [5.74, 6) is 1.02. The maximum Gasteiger partial charge on any atom is 0.244 e. The minimum absolute atomic E-state index is 0. The molecule has 0 atom stereocenters. The monoisotopic (exact) mass is 422 g/mol. The highest BCUT2D eigenvalue weighted by molar-refractivity contribution is 14.0. The summed E-state index contributed by atoms with van der Waals surface area (Å²) >= 11 is 0. The summed E-state index contributed by atoms with van der Waals surface area (Å²) in [6, 6.07) is 0. The van der Waals surface area contributed by atoms with Gasteiger partial charge in [0.15, 0.2) is 5.96 Å². The largest absolute Gasteiger partial charge is 0.356 e. The van der Waals surface area contributed by atoms with Crippen LogP contribution in [0.1, 0.15) is 47.5 Å². The molecule has 6 heteroatoms. The van der Waals surface area contributed by atoms with Crippen molar-refractivity contribution in [1.82, 2.24) is 15.1 Å². The van der Waals surface area contributed by atoms with Crippen LogP contribution < -0.4 is 5.32 Å². The van der Waals surface area contributed by atoms with Crippen molar-refractivity contribution in [2.45, 2.75) is 53.0 Å². The first-order valence-corrected chi connectivity index (χ1v) is 8.13. The zero-order valence-electron chi connectivity index (χ0n) is 14.6. The van der Waals surface area contributed by atoms with Crippen molar-refractivity contribution in [2.75, 3.05) is 32.7 Å². The molecule has 2 saturated heterocycles. The Balaban J connectivity index is 0.00000242. The van der Waals surface area contributed by atoms with Crippen molar-refractivity contribution in [3.63, 3.8) is 0 Å². The van der Waals surface area contributed by atoms with Crippen LogP contribution in [0.15, 0.2) is 4.99 Å². The molecule has 0 aromatic carbocycles. The highest BCUT2D eigenvalue weighted by Crippen LogP contribution is 2.46. The van der Waals surface area contributed by atoms with Crippen LogP contribution >= 0.6 is 24.0 Å². The zero-order chi connectivity index (χ0) is 15.7. The van der Waals surface area contributed by atoms with Crippen LogP contribution in [0.5, 0.6) is 0 Å². The van der Waals surface area contributed by atoms with Gasteiger partial charge >= 0.3 is 0 Å². The van der Waals surface area contributed by atoms with E-state index in [1.54, 1.807) is 0 Å². The lowest BCUT2D eigenvalue weighted by Gasteiger charge is -2.62. The molecule has 0 radical (unpaired) electrons. The number of likely N-dealkylation sites (tertiary alicyclic amines) is 2. The number of halogens is 1. The molecule has 0 aromatic heterocycles. The van der Waals surface area contributed by atoms with E-state index in [-0.39, 0.29) is 47.4 Å². The Kier molecular flexibility index (Phi) is 6.53. The van der Waals surface area contributed by atoms with Crippen LogP contribution in [-0.2, 0) is 4.79 Å². The third-order valence-corrected chi connectivity index (χ3v) is 5.30. The molecule has 2 heterocycles. The number of aliphatic imine (C=N–C) groups is 1. The number of hydrogen-bond acceptors (Lipinski definition) is 2. The van der Waals surface area contributed by atoms with Gasteiger partial charge in [-0.2, -0.15) is 0 Å². The minimum atomic E-state index is 0. The summed E-state index contributed by atoms with van der Waals surface area (Å²) in [4.78, 5) is 20.9. The summed E-state index contributed by atoms with van der Waals surface area (Å²) in [5.41, 5.74) is 0.326. The van der Waals surface area contributed by atoms with Gasteiger partial charge < -0.3 is 15.1 Å². The zero-order valence-corrected chi connectivity index (χ0v) is 16.9. The Hall–Kier alpha value is -0.530. The molecule has 2 rings (SSSR count). The molecule has 0 unspecified atom stereocenters. The Morgan fingerprint density at radius 2 is 1.77 bits per heavy atom. The molecule has 1 N–H and O–H groups in total. The number of hydrogen-bond donors (Lipinski definition) is 1. The van der Waals surface area contributed by atoms with Crippen molar-refractivity contribution in [2.24, 2.45) is 10.4 Å². The Morgan fingerprint density at radius 3 is 2.23 bits per heavy atom. The SMILES string of the molecule is CCNC(=NCC(=O)N1CCCC1)N1CC(C)(C)C1(C)C.I. The molecule has 0 aliphatic carbocycles. The van der Waals surface area contributed by atoms with E-state index in [1.807, 2.05) is 4.90 Å². The number of amides is 1. The van der Waals surface area contributed by atoms with E-state index in [0.29, 0.717) is 0 Å². The second-order valence-electron chi connectivity index (χ2n) is 7.29. The van der Waals surface area contributed by atoms with E-state index in [0.717, 1.165) is 45.0 Å². The van der Waals surface area contributed by atoms with Gasteiger partial charge in [-0.1, -0.05) is 13.8 Å². The molecular weight excluding hydrogens is 391 g/mol. The number of guanidine groups is 1. The van der Waals surface area contributed by atoms with Gasteiger partial charge in [0, 0.05) is 37.1 Å². The third-order valence-electron chi connectivity index (χ3n) is 5.30. The van der Waals surface area contributed by atoms with E-state index < -0.39 is 0 Å². The molecule has 2 aliphatic heterocycles. The molecule has 22 heavy (non-hydrogen) atoms. The van der Waals surface area contributed by atoms with Gasteiger partial charge in [-0.15, -0.1) is 24.0 Å². The molecule has 0 saturated carbocycles. The van der Waals surface area contributed by atoms with Crippen molar-refractivity contribution in [1.29, 1.82) is 0 Å². The van der Waals surface area contributed by atoms with Crippen LogP contribution in [0.3, 0.4) is 0 Å². The standard InChI is InChI=1S/C16H30N4O.HI/c1-6-17-14(20-12-15(2,3)16(20,4)5)18-11-13(21)19-9-7-8-10-19;/h6-12H2,1-5H3,(H,17,18);1H. The van der Waals surface area contributed by atoms with Crippen LogP contribution in [-0.4, -0.2) is 59.9 Å². The lowest BCUT2D eigenvalue weighted by Crippen LogP contribution is -2.72. The van der Waals surface area contributed by atoms with E-state index >= 15 is 0 Å². The fourth-order valence-corrected chi connectivity index (χ4v) is 3.00. The van der Waals surface area contributed by atoms with Crippen LogP contribution in [0.4, 0.5) is 0 Å². The molecule has 1 amide bonds. The minimum Gasteiger partial charge on any atom is -0.356 e. The number of carbonyl (C=O) groups excluding carboxylic acids is 1. The highest BCUT2D eigenvalue weighted by Gasteiger charge is 2.53. The Labute approximate surface area is 151 Å². The maximum atomic E-state index is 12.1. The number of nitrogens with one attached hydrogen (secondary N) is 1. The topological polar surface area (TPSA) is 47.9 Å². The summed E-state index contributed by atoms with van der Waals surface area (Å²) in [7, 11) is 0. The van der Waals surface area contributed by atoms with Gasteiger partial charge in [-0.25, -0.2) is 4.99 Å². The van der Waals surface area contributed by atoms with Gasteiger partial charge in [0.1, 0.15) is 6.54 Å². The lowest BCUT2D eigenvalue weighted by molar-refractivity contribution is -0.128. The van der Waals surface area contributed by atoms with Gasteiger partial charge in [-0.05, 0) is 33.6 Å². The van der Waals surface area contributed by atoms with E-state index in [1.165, 1.54) is 0 Å². The van der Waals surface area contributed by atoms with E-state index in [2.05, 4.69) is 49.8 Å². The van der Waals surface area contributed by atoms with Gasteiger partial charge in [0.2, 0.25) is 5.91 Å². The number of nitrogens with zero attached hydrogens (tertiary/aromatic N) is 3. The molecule has 0 spiro atoms. The van der Waals surface area contributed by atoms with E-state index in [9.17, 15) is 4.79 Å². The maximum absolute atomic E-state index is 12.1. The average molecular weight is 422 g/mol. The molecule has 0 bridgehead atoms. The fraction of sp³-hybridized carbons (Fsp3) is 0.875. The second-order valence-corrected chi connectivity index (χ2v) is 7.29. The predicted octanol–water partition coefficient (Wildman–Crippen LogP) is 2.31. The first-order valence-electron chi connectivity index (χ1n) is 8.13. The Morgan fingerprint density at radius 1 is 1.18 bits per heavy atom. The molecule has 128 valence electrons. The molecule has 2 fully saturated rings. The molecule has 5 nitrogen and oxygen atoms in total. The van der Waals surface area contributed by atoms with Crippen molar-refractivity contribution in [3.8, 4) is 0 Å². The highest BCUT2D eigenvalue weighted by atomic mass is 127. The van der Waals surface area contributed by atoms with Crippen molar-refractivity contribution in [3.05, 3.63) is 0 Å². The molecule has 0 aromatic rings. The predicted molar refractivity (Wildman–Crippen MR) is 102 cm³/mol. The van der Waals surface area contributed by atoms with Gasteiger partial charge in [0.25, 0.3) is 0 Å². The van der Waals surface area contributed by atoms with Gasteiger partial charge in [-0.3, -0.25) is 4.79 Å². The first-order chi connectivity index (χ1) is 9.79. The first kappa shape index (κ1) is 19.5. The summed E-state index contributed by atoms with van der Waals surface area (Å²) in [6.07, 6.45) is 2.26. The second kappa shape index (κ2) is 7.36. The van der Waals surface area contributed by atoms with E-state index in [4.69, 9.17) is 0 Å². The normalized spacial score (nSPS) is 22.9. The molecule has 2 aliphatic rings.